The summed E-state index contributed by atoms with van der Waals surface area (Å²) in [5.74, 6) is 1.96. The lowest BCUT2D eigenvalue weighted by molar-refractivity contribution is -0.123. The van der Waals surface area contributed by atoms with Gasteiger partial charge in [-0.2, -0.15) is 5.10 Å². The van der Waals surface area contributed by atoms with E-state index in [1.807, 2.05) is 24.3 Å². The summed E-state index contributed by atoms with van der Waals surface area (Å²) in [5.41, 5.74) is 4.27. The standard InChI is InChI=1S/C20H21ClN2O4/c1-3-13(2)14-4-6-16(7-5-14)25-11-20(24)23-22-10-15-8-18-19(9-17(15)21)27-12-26-18/h4-10,13H,3,11-12H2,1-2H3,(H,23,24)/b22-10-/t13-/m1/s1. The molecule has 0 radical (unpaired) electrons. The van der Waals surface area contributed by atoms with Gasteiger partial charge in [-0.05, 0) is 36.1 Å². The van der Waals surface area contributed by atoms with Crippen LogP contribution in [0.2, 0.25) is 5.02 Å². The molecule has 0 aliphatic carbocycles. The normalized spacial score (nSPS) is 13.6. The van der Waals surface area contributed by atoms with Gasteiger partial charge in [0.1, 0.15) is 5.75 Å². The second-order valence-electron chi connectivity index (χ2n) is 6.19. The van der Waals surface area contributed by atoms with Crippen LogP contribution < -0.4 is 19.6 Å². The summed E-state index contributed by atoms with van der Waals surface area (Å²) in [7, 11) is 0. The molecule has 0 fully saturated rings. The zero-order valence-corrected chi connectivity index (χ0v) is 16.0. The molecule has 7 heteroatoms. The van der Waals surface area contributed by atoms with Crippen molar-refractivity contribution in [2.75, 3.05) is 13.4 Å². The highest BCUT2D eigenvalue weighted by atomic mass is 35.5. The second kappa shape index (κ2) is 8.77. The number of rotatable bonds is 7. The minimum atomic E-state index is -0.367. The summed E-state index contributed by atoms with van der Waals surface area (Å²) in [6.45, 7) is 4.36. The molecule has 0 unspecified atom stereocenters. The second-order valence-corrected chi connectivity index (χ2v) is 6.59. The number of fused-ring (bicyclic) bond motifs is 1. The molecule has 2 aromatic carbocycles. The van der Waals surface area contributed by atoms with Crippen LogP contribution in [0.4, 0.5) is 0 Å². The first-order valence-electron chi connectivity index (χ1n) is 8.70. The molecule has 2 aromatic rings. The zero-order chi connectivity index (χ0) is 19.2. The minimum Gasteiger partial charge on any atom is -0.484 e. The molecule has 0 saturated heterocycles. The van der Waals surface area contributed by atoms with E-state index in [9.17, 15) is 4.79 Å². The van der Waals surface area contributed by atoms with E-state index in [2.05, 4.69) is 24.4 Å². The Bertz CT molecular complexity index is 837. The Balaban J connectivity index is 1.49. The molecule has 1 N–H and O–H groups in total. The van der Waals surface area contributed by atoms with Crippen molar-refractivity contribution in [1.29, 1.82) is 0 Å². The molecule has 0 spiro atoms. The van der Waals surface area contributed by atoms with Gasteiger partial charge < -0.3 is 14.2 Å². The highest BCUT2D eigenvalue weighted by Gasteiger charge is 2.15. The Morgan fingerprint density at radius 2 is 2.00 bits per heavy atom. The highest BCUT2D eigenvalue weighted by molar-refractivity contribution is 6.33. The average molecular weight is 389 g/mol. The van der Waals surface area contributed by atoms with Crippen LogP contribution in [0.3, 0.4) is 0 Å². The number of carbonyl (C=O) groups is 1. The zero-order valence-electron chi connectivity index (χ0n) is 15.2. The van der Waals surface area contributed by atoms with Crippen LogP contribution in [0.25, 0.3) is 0 Å². The van der Waals surface area contributed by atoms with Gasteiger partial charge in [0.25, 0.3) is 5.91 Å². The van der Waals surface area contributed by atoms with Crippen LogP contribution in [0, 0.1) is 0 Å². The lowest BCUT2D eigenvalue weighted by atomic mass is 9.99. The molecule has 0 aromatic heterocycles. The summed E-state index contributed by atoms with van der Waals surface area (Å²) in [5, 5.41) is 4.36. The largest absolute Gasteiger partial charge is 0.484 e. The van der Waals surface area contributed by atoms with Gasteiger partial charge in [0, 0.05) is 11.6 Å². The summed E-state index contributed by atoms with van der Waals surface area (Å²) in [4.78, 5) is 11.9. The van der Waals surface area contributed by atoms with Gasteiger partial charge in [0.2, 0.25) is 6.79 Å². The SMILES string of the molecule is CC[C@@H](C)c1ccc(OCC(=O)N/N=C\c2cc3c(cc2Cl)OCO3)cc1. The maximum absolute atomic E-state index is 11.9. The summed E-state index contributed by atoms with van der Waals surface area (Å²) in [6.07, 6.45) is 2.52. The first-order valence-corrected chi connectivity index (χ1v) is 9.08. The molecule has 27 heavy (non-hydrogen) atoms. The summed E-state index contributed by atoms with van der Waals surface area (Å²) in [6, 6.07) is 11.1. The highest BCUT2D eigenvalue weighted by Crippen LogP contribution is 2.36. The third-order valence-electron chi connectivity index (χ3n) is 4.32. The predicted molar refractivity (Wildman–Crippen MR) is 104 cm³/mol. The van der Waals surface area contributed by atoms with E-state index in [0.29, 0.717) is 33.8 Å². The van der Waals surface area contributed by atoms with E-state index >= 15 is 0 Å². The first kappa shape index (κ1) is 19.0. The van der Waals surface area contributed by atoms with Gasteiger partial charge in [-0.3, -0.25) is 4.79 Å². The first-order chi connectivity index (χ1) is 13.1. The predicted octanol–water partition coefficient (Wildman–Crippen LogP) is 4.11. The molecule has 1 amide bonds. The number of amides is 1. The van der Waals surface area contributed by atoms with Crippen LogP contribution in [-0.2, 0) is 4.79 Å². The van der Waals surface area contributed by atoms with Crippen LogP contribution >= 0.6 is 11.6 Å². The monoisotopic (exact) mass is 388 g/mol. The lowest BCUT2D eigenvalue weighted by Gasteiger charge is -2.10. The van der Waals surface area contributed by atoms with Gasteiger partial charge in [0.05, 0.1) is 11.2 Å². The summed E-state index contributed by atoms with van der Waals surface area (Å²) < 4.78 is 16.0. The minimum absolute atomic E-state index is 0.130. The van der Waals surface area contributed by atoms with E-state index in [0.717, 1.165) is 6.42 Å². The third-order valence-corrected chi connectivity index (χ3v) is 4.64. The molecule has 1 aliphatic rings. The van der Waals surface area contributed by atoms with E-state index in [1.165, 1.54) is 11.8 Å². The molecular weight excluding hydrogens is 368 g/mol. The summed E-state index contributed by atoms with van der Waals surface area (Å²) >= 11 is 6.15. The van der Waals surface area contributed by atoms with Crippen molar-refractivity contribution in [1.82, 2.24) is 5.43 Å². The molecule has 6 nitrogen and oxygen atoms in total. The van der Waals surface area contributed by atoms with Crippen LogP contribution in [0.5, 0.6) is 17.2 Å². The van der Waals surface area contributed by atoms with Crippen LogP contribution in [0.15, 0.2) is 41.5 Å². The van der Waals surface area contributed by atoms with E-state index < -0.39 is 0 Å². The van der Waals surface area contributed by atoms with Crippen molar-refractivity contribution in [3.8, 4) is 17.2 Å². The number of hydrazone groups is 1. The van der Waals surface area contributed by atoms with Crippen molar-refractivity contribution in [3.63, 3.8) is 0 Å². The van der Waals surface area contributed by atoms with E-state index in [1.54, 1.807) is 12.1 Å². The number of halogens is 1. The maximum atomic E-state index is 11.9. The van der Waals surface area contributed by atoms with Crippen molar-refractivity contribution in [3.05, 3.63) is 52.5 Å². The fourth-order valence-corrected chi connectivity index (χ4v) is 2.72. The third kappa shape index (κ3) is 4.92. The quantitative estimate of drug-likeness (QED) is 0.572. The molecule has 1 heterocycles. The van der Waals surface area contributed by atoms with Gasteiger partial charge >= 0.3 is 0 Å². The Morgan fingerprint density at radius 3 is 2.70 bits per heavy atom. The molecule has 3 rings (SSSR count). The van der Waals surface area contributed by atoms with Crippen molar-refractivity contribution in [2.24, 2.45) is 5.10 Å². The van der Waals surface area contributed by atoms with Crippen LogP contribution in [0.1, 0.15) is 37.3 Å². The van der Waals surface area contributed by atoms with Gasteiger partial charge in [-0.15, -0.1) is 0 Å². The molecule has 1 atom stereocenters. The van der Waals surface area contributed by atoms with E-state index in [-0.39, 0.29) is 19.3 Å². The molecule has 1 aliphatic heterocycles. The number of nitrogens with one attached hydrogen (secondary N) is 1. The topological polar surface area (TPSA) is 69.2 Å². The van der Waals surface area contributed by atoms with Crippen molar-refractivity contribution >= 4 is 23.7 Å². The number of carbonyl (C=O) groups excluding carboxylic acids is 1. The number of hydrogen-bond donors (Lipinski definition) is 1. The molecule has 0 bridgehead atoms. The Hall–Kier alpha value is -2.73. The van der Waals surface area contributed by atoms with Crippen molar-refractivity contribution in [2.45, 2.75) is 26.2 Å². The van der Waals surface area contributed by atoms with Gasteiger partial charge in [-0.25, -0.2) is 5.43 Å². The lowest BCUT2D eigenvalue weighted by Crippen LogP contribution is -2.24. The van der Waals surface area contributed by atoms with Crippen molar-refractivity contribution < 1.29 is 19.0 Å². The van der Waals surface area contributed by atoms with Gasteiger partial charge in [-0.1, -0.05) is 37.6 Å². The fourth-order valence-electron chi connectivity index (χ4n) is 2.52. The number of benzene rings is 2. The molecular formula is C20H21ClN2O4. The number of nitrogens with zero attached hydrogens (tertiary/aromatic N) is 1. The Labute approximate surface area is 163 Å². The number of ether oxygens (including phenoxy) is 3. The Kier molecular flexibility index (Phi) is 6.19. The van der Waals surface area contributed by atoms with Crippen LogP contribution in [-0.4, -0.2) is 25.5 Å². The number of hydrogen-bond acceptors (Lipinski definition) is 5. The maximum Gasteiger partial charge on any atom is 0.277 e. The van der Waals surface area contributed by atoms with Gasteiger partial charge in [0.15, 0.2) is 18.1 Å². The molecule has 0 saturated carbocycles. The molecule has 142 valence electrons. The Morgan fingerprint density at radius 1 is 1.30 bits per heavy atom. The fraction of sp³-hybridized carbons (Fsp3) is 0.300. The smallest absolute Gasteiger partial charge is 0.277 e. The average Bonchev–Trinajstić information content (AvgIpc) is 3.13. The van der Waals surface area contributed by atoms with E-state index in [4.69, 9.17) is 25.8 Å².